The van der Waals surface area contributed by atoms with E-state index in [1.165, 1.54) is 6.20 Å². The van der Waals surface area contributed by atoms with E-state index >= 15 is 0 Å². The average Bonchev–Trinajstić information content (AvgIpc) is 3.31. The molecule has 1 amide bonds. The number of nitrogens with one attached hydrogen (secondary N) is 1. The summed E-state index contributed by atoms with van der Waals surface area (Å²) in [5, 5.41) is 8.01. The van der Waals surface area contributed by atoms with E-state index in [-0.39, 0.29) is 6.04 Å². The number of pyridine rings is 1. The van der Waals surface area contributed by atoms with Gasteiger partial charge in [-0.3, -0.25) is 4.79 Å². The molecule has 2 atom stereocenters. The summed E-state index contributed by atoms with van der Waals surface area (Å²) in [6.45, 7) is 4.15. The van der Waals surface area contributed by atoms with Gasteiger partial charge in [0, 0.05) is 43.2 Å². The zero-order chi connectivity index (χ0) is 20.5. The summed E-state index contributed by atoms with van der Waals surface area (Å²) in [4.78, 5) is 18.6. The highest BCUT2D eigenvalue weighted by Gasteiger charge is 2.31. The van der Waals surface area contributed by atoms with Crippen molar-refractivity contribution in [3.63, 3.8) is 0 Å². The molecule has 0 aromatic carbocycles. The SMILES string of the molecule is CC[C@H]1CN(C)C[C@H]1Nc1c(C(N)=O)cnn2cc(-c3ccnc(OC)c3)cc12. The van der Waals surface area contributed by atoms with E-state index in [1.807, 2.05) is 24.4 Å². The molecule has 4 heterocycles. The van der Waals surface area contributed by atoms with E-state index in [0.29, 0.717) is 17.4 Å². The highest BCUT2D eigenvalue weighted by Crippen LogP contribution is 2.31. The number of carbonyl (C=O) groups excluding carboxylic acids is 1. The minimum absolute atomic E-state index is 0.244. The van der Waals surface area contributed by atoms with Crippen molar-refractivity contribution in [1.82, 2.24) is 19.5 Å². The molecule has 8 nitrogen and oxygen atoms in total. The van der Waals surface area contributed by atoms with Crippen molar-refractivity contribution in [3.05, 3.63) is 42.4 Å². The molecule has 0 spiro atoms. The second-order valence-corrected chi connectivity index (χ2v) is 7.58. The Kier molecular flexibility index (Phi) is 5.10. The highest BCUT2D eigenvalue weighted by atomic mass is 16.5. The van der Waals surface area contributed by atoms with Gasteiger partial charge in [0.25, 0.3) is 5.91 Å². The van der Waals surface area contributed by atoms with Crippen molar-refractivity contribution in [3.8, 4) is 17.0 Å². The van der Waals surface area contributed by atoms with Gasteiger partial charge in [0.05, 0.1) is 30.1 Å². The van der Waals surface area contributed by atoms with Crippen LogP contribution in [0.1, 0.15) is 23.7 Å². The normalized spacial score (nSPS) is 19.6. The van der Waals surface area contributed by atoms with Crippen LogP contribution in [0, 0.1) is 5.92 Å². The van der Waals surface area contributed by atoms with Crippen molar-refractivity contribution in [2.45, 2.75) is 19.4 Å². The van der Waals surface area contributed by atoms with Crippen molar-refractivity contribution in [2.24, 2.45) is 11.7 Å². The monoisotopic (exact) mass is 394 g/mol. The molecular weight excluding hydrogens is 368 g/mol. The zero-order valence-electron chi connectivity index (χ0n) is 16.9. The third-order valence-corrected chi connectivity index (χ3v) is 5.66. The van der Waals surface area contributed by atoms with Crippen LogP contribution in [0.4, 0.5) is 5.69 Å². The van der Waals surface area contributed by atoms with E-state index in [4.69, 9.17) is 10.5 Å². The number of hydrogen-bond donors (Lipinski definition) is 2. The third kappa shape index (κ3) is 3.63. The predicted octanol–water partition coefficient (Wildman–Crippen LogP) is 2.26. The number of aromatic nitrogens is 3. The van der Waals surface area contributed by atoms with Gasteiger partial charge in [-0.15, -0.1) is 0 Å². The number of primary amides is 1. The number of fused-ring (bicyclic) bond motifs is 1. The van der Waals surface area contributed by atoms with Crippen LogP contribution >= 0.6 is 0 Å². The standard InChI is InChI=1S/C21H26N6O2/c1-4-13-10-26(2)12-17(13)25-20-16(21(22)28)9-24-27-11-15(7-18(20)27)14-5-6-23-19(8-14)29-3/h5-9,11,13,17,25H,4,10,12H2,1-3H3,(H2,22,28)/t13-,17+/m0/s1. The van der Waals surface area contributed by atoms with Crippen LogP contribution in [-0.4, -0.2) is 58.7 Å². The lowest BCUT2D eigenvalue weighted by Crippen LogP contribution is -2.30. The Bertz CT molecular complexity index is 1050. The number of rotatable bonds is 6. The Morgan fingerprint density at radius 2 is 2.17 bits per heavy atom. The smallest absolute Gasteiger partial charge is 0.252 e. The second kappa shape index (κ2) is 7.71. The fourth-order valence-corrected chi connectivity index (χ4v) is 4.10. The minimum atomic E-state index is -0.491. The van der Waals surface area contributed by atoms with E-state index < -0.39 is 5.91 Å². The first-order chi connectivity index (χ1) is 14.0. The second-order valence-electron chi connectivity index (χ2n) is 7.58. The Labute approximate surface area is 169 Å². The molecule has 0 aliphatic carbocycles. The highest BCUT2D eigenvalue weighted by molar-refractivity contribution is 6.02. The Morgan fingerprint density at radius 1 is 1.34 bits per heavy atom. The largest absolute Gasteiger partial charge is 0.481 e. The molecule has 0 unspecified atom stereocenters. The van der Waals surface area contributed by atoms with Gasteiger partial charge in [-0.1, -0.05) is 13.3 Å². The number of nitrogens with zero attached hydrogens (tertiary/aromatic N) is 4. The number of methoxy groups -OCH3 is 1. The van der Waals surface area contributed by atoms with E-state index in [1.54, 1.807) is 17.8 Å². The molecule has 0 saturated carbocycles. The van der Waals surface area contributed by atoms with Gasteiger partial charge in [-0.2, -0.15) is 5.10 Å². The molecule has 1 fully saturated rings. The summed E-state index contributed by atoms with van der Waals surface area (Å²) in [7, 11) is 3.71. The molecule has 3 N–H and O–H groups in total. The molecule has 0 radical (unpaired) electrons. The quantitative estimate of drug-likeness (QED) is 0.666. The summed E-state index contributed by atoms with van der Waals surface area (Å²) in [6, 6.07) is 6.04. The minimum Gasteiger partial charge on any atom is -0.481 e. The number of anilines is 1. The van der Waals surface area contributed by atoms with Crippen LogP contribution in [0.25, 0.3) is 16.6 Å². The van der Waals surface area contributed by atoms with Crippen LogP contribution in [-0.2, 0) is 0 Å². The number of nitrogens with two attached hydrogens (primary N) is 1. The van der Waals surface area contributed by atoms with Crippen molar-refractivity contribution < 1.29 is 9.53 Å². The van der Waals surface area contributed by atoms with E-state index in [9.17, 15) is 4.79 Å². The lowest BCUT2D eigenvalue weighted by molar-refractivity contribution is 0.100. The summed E-state index contributed by atoms with van der Waals surface area (Å²) in [5.41, 5.74) is 9.54. The van der Waals surface area contributed by atoms with E-state index in [2.05, 4.69) is 34.3 Å². The van der Waals surface area contributed by atoms with Gasteiger partial charge in [-0.05, 0) is 30.7 Å². The summed E-state index contributed by atoms with van der Waals surface area (Å²) in [5.74, 6) is 0.560. The van der Waals surface area contributed by atoms with Gasteiger partial charge < -0.3 is 20.7 Å². The first kappa shape index (κ1) is 19.2. The number of carbonyl (C=O) groups is 1. The molecular formula is C21H26N6O2. The summed E-state index contributed by atoms with van der Waals surface area (Å²) < 4.78 is 7.01. The maximum absolute atomic E-state index is 12.1. The number of likely N-dealkylation sites (tertiary alicyclic amines) is 1. The molecule has 3 aromatic heterocycles. The Balaban J connectivity index is 1.79. The number of hydrogen-bond acceptors (Lipinski definition) is 6. The summed E-state index contributed by atoms with van der Waals surface area (Å²) >= 11 is 0. The molecule has 1 aliphatic heterocycles. The van der Waals surface area contributed by atoms with Crippen LogP contribution in [0.15, 0.2) is 36.8 Å². The fraction of sp³-hybridized carbons (Fsp3) is 0.381. The molecule has 1 saturated heterocycles. The number of likely N-dealkylation sites (N-methyl/N-ethyl adjacent to an activating group) is 1. The molecule has 4 rings (SSSR count). The fourth-order valence-electron chi connectivity index (χ4n) is 4.10. The van der Waals surface area contributed by atoms with Crippen LogP contribution in [0.5, 0.6) is 5.88 Å². The molecule has 3 aromatic rings. The van der Waals surface area contributed by atoms with Gasteiger partial charge in [0.1, 0.15) is 0 Å². The molecule has 29 heavy (non-hydrogen) atoms. The maximum Gasteiger partial charge on any atom is 0.252 e. The van der Waals surface area contributed by atoms with Gasteiger partial charge in [0.15, 0.2) is 0 Å². The van der Waals surface area contributed by atoms with Crippen LogP contribution < -0.4 is 15.8 Å². The third-order valence-electron chi connectivity index (χ3n) is 5.66. The number of ether oxygens (including phenoxy) is 1. The lowest BCUT2D eigenvalue weighted by Gasteiger charge is -2.21. The van der Waals surface area contributed by atoms with Crippen molar-refractivity contribution in [1.29, 1.82) is 0 Å². The Morgan fingerprint density at radius 3 is 2.90 bits per heavy atom. The molecule has 1 aliphatic rings. The molecule has 0 bridgehead atoms. The predicted molar refractivity (Wildman–Crippen MR) is 112 cm³/mol. The molecule has 8 heteroatoms. The van der Waals surface area contributed by atoms with E-state index in [0.717, 1.165) is 41.8 Å². The average molecular weight is 394 g/mol. The maximum atomic E-state index is 12.1. The summed E-state index contributed by atoms with van der Waals surface area (Å²) in [6.07, 6.45) is 6.24. The van der Waals surface area contributed by atoms with Crippen molar-refractivity contribution in [2.75, 3.05) is 32.6 Å². The zero-order valence-corrected chi connectivity index (χ0v) is 16.9. The first-order valence-corrected chi connectivity index (χ1v) is 9.76. The van der Waals surface area contributed by atoms with Gasteiger partial charge >= 0.3 is 0 Å². The van der Waals surface area contributed by atoms with Gasteiger partial charge in [-0.25, -0.2) is 9.50 Å². The van der Waals surface area contributed by atoms with Gasteiger partial charge in [0.2, 0.25) is 5.88 Å². The van der Waals surface area contributed by atoms with Crippen molar-refractivity contribution >= 4 is 17.1 Å². The first-order valence-electron chi connectivity index (χ1n) is 9.76. The van der Waals surface area contributed by atoms with Crippen LogP contribution in [0.2, 0.25) is 0 Å². The Hall–Kier alpha value is -3.13. The van der Waals surface area contributed by atoms with Crippen LogP contribution in [0.3, 0.4) is 0 Å². The molecule has 152 valence electrons. The number of amides is 1. The lowest BCUT2D eigenvalue weighted by atomic mass is 10.00. The topological polar surface area (TPSA) is 97.8 Å².